The van der Waals surface area contributed by atoms with Crippen molar-refractivity contribution in [2.45, 2.75) is 75.7 Å². The molecule has 0 unspecified atom stereocenters. The summed E-state index contributed by atoms with van der Waals surface area (Å²) in [5.41, 5.74) is 31.6. The van der Waals surface area contributed by atoms with Gasteiger partial charge in [0.05, 0.1) is 11.5 Å². The third-order valence-corrected chi connectivity index (χ3v) is 19.5. The van der Waals surface area contributed by atoms with E-state index in [2.05, 4.69) is 205 Å². The third kappa shape index (κ3) is 30.4. The summed E-state index contributed by atoms with van der Waals surface area (Å²) in [4.78, 5) is 46.9. The molecule has 18 rings (SSSR count). The molecule has 2 N–H and O–H groups in total. The number of carbonyl (C=O) groups is 2. The van der Waals surface area contributed by atoms with Gasteiger partial charge in [-0.2, -0.15) is 0 Å². The van der Waals surface area contributed by atoms with Crippen LogP contribution in [-0.4, -0.2) is 51.7 Å². The molecule has 7 heterocycles. The van der Waals surface area contributed by atoms with Gasteiger partial charge in [0.15, 0.2) is 11.6 Å². The first-order valence-electron chi connectivity index (χ1n) is 39.4. The number of thiophene rings is 1. The number of allylic oxidation sites excluding steroid dienone is 4. The molecule has 0 spiro atoms. The number of hydrogen-bond acceptors (Lipinski definition) is 11. The van der Waals surface area contributed by atoms with Gasteiger partial charge in [0.25, 0.3) is 0 Å². The molecule has 0 saturated carbocycles. The molecule has 0 amide bonds. The average Bonchev–Trinajstić information content (AvgIpc) is 1.64. The minimum absolute atomic E-state index is 0. The van der Waals surface area contributed by atoms with Crippen LogP contribution < -0.4 is 0 Å². The Morgan fingerprint density at radius 3 is 1.33 bits per heavy atom. The van der Waals surface area contributed by atoms with E-state index < -0.39 is 0 Å². The van der Waals surface area contributed by atoms with Crippen molar-refractivity contribution in [3.63, 3.8) is 0 Å². The van der Waals surface area contributed by atoms with Gasteiger partial charge in [-0.15, -0.1) is 226 Å². The maximum absolute atomic E-state index is 12.9. The number of rotatable bonds is 11. The van der Waals surface area contributed by atoms with Gasteiger partial charge in [-0.25, -0.2) is 4.39 Å². The zero-order valence-corrected chi connectivity index (χ0v) is 81.0. The number of fused-ring (bicyclic) bond motifs is 4. The van der Waals surface area contributed by atoms with Crippen LogP contribution in [-0.2, 0) is 96.4 Å². The van der Waals surface area contributed by atoms with E-state index >= 15 is 0 Å². The molecule has 1 aliphatic rings. The quantitative estimate of drug-likeness (QED) is 0.0727. The molecule has 0 aliphatic heterocycles. The number of aryl methyl sites for hydroxylation is 6. The maximum Gasteiger partial charge on any atom is 0.155 e. The standard InChI is InChI=1S/C29H28N.C18H12N.C17H11FN.C13H8NS.2C11H8N.2C5H8O2.4Ir/c1-18-10-19(2)13-24(12-18)27-16-26(28-22(5)8-7-9-23(28)6)17-30-29(27)25-14-20(3)11-21(4)15-25;1-2-6-13(7-3-1)18-11-15-10-14-8-4-5-9-16(14)17(15)12-19-18;18-16-9-6-13(7-10-16)15-8-11-17(19-12-15)14-4-2-1-3-5-14;1-2-4-10(5-3-1)13-11-7-9-15-12(11)6-8-14-13;2*1-2-6-10(7-3-1)11-8-4-5-9-12-11;2*1-4(6)3-5(2)7;;;;/h7-14,16-17H,1-6H3;1-6,8-9,11-12H,10H2;1-4,6-12H;1-4,6-9H;2*1-6,8-9H;2*3,6H,1-2H3;;;;/q6*-1;;;;;;. The van der Waals surface area contributed by atoms with Gasteiger partial charge in [0, 0.05) is 140 Å². The van der Waals surface area contributed by atoms with Gasteiger partial charge in [-0.1, -0.05) is 152 Å². The van der Waals surface area contributed by atoms with Gasteiger partial charge < -0.3 is 40.1 Å². The summed E-state index contributed by atoms with van der Waals surface area (Å²) in [7, 11) is 0. The van der Waals surface area contributed by atoms with Crippen LogP contribution in [0.2, 0.25) is 0 Å². The van der Waals surface area contributed by atoms with Crippen LogP contribution in [0.15, 0.2) is 357 Å². The minimum Gasteiger partial charge on any atom is -0.512 e. The number of ketones is 2. The number of hydrogen-bond donors (Lipinski definition) is 2. The van der Waals surface area contributed by atoms with Gasteiger partial charge in [0.1, 0.15) is 5.82 Å². The van der Waals surface area contributed by atoms with E-state index in [1.807, 2.05) is 188 Å². The first kappa shape index (κ1) is 100. The minimum atomic E-state index is -0.229. The molecule has 0 bridgehead atoms. The fourth-order valence-corrected chi connectivity index (χ4v) is 14.3. The first-order chi connectivity index (χ1) is 58.7. The van der Waals surface area contributed by atoms with E-state index in [9.17, 15) is 14.0 Å². The summed E-state index contributed by atoms with van der Waals surface area (Å²) in [5, 5.41) is 20.0. The van der Waals surface area contributed by atoms with Crippen molar-refractivity contribution in [3.05, 3.63) is 444 Å². The topological polar surface area (TPSA) is 152 Å². The van der Waals surface area contributed by atoms with Crippen LogP contribution in [0.1, 0.15) is 72.2 Å². The fraction of sp³-hybridized carbons (Fsp3) is 0.101. The number of pyridine rings is 6. The van der Waals surface area contributed by atoms with Crippen molar-refractivity contribution >= 4 is 33.0 Å². The second kappa shape index (κ2) is 51.3. The Balaban J connectivity index is 0.000000203. The number of nitrogens with zero attached hydrogens (tertiary/aromatic N) is 6. The number of aliphatic hydroxyl groups excluding tert-OH is 2. The summed E-state index contributed by atoms with van der Waals surface area (Å²) in [5.74, 6) is -0.354. The molecule has 1 aliphatic carbocycles. The van der Waals surface area contributed by atoms with Crippen molar-refractivity contribution in [2.75, 3.05) is 0 Å². The Morgan fingerprint density at radius 2 is 0.848 bits per heavy atom. The third-order valence-electron chi connectivity index (χ3n) is 18.7. The molecule has 10 nitrogen and oxygen atoms in total. The molecule has 10 aromatic carbocycles. The van der Waals surface area contributed by atoms with Gasteiger partial charge in [-0.3, -0.25) is 9.59 Å². The number of benzene rings is 10. The Bertz CT molecular complexity index is 6050. The van der Waals surface area contributed by atoms with E-state index in [1.165, 1.54) is 123 Å². The SMILES string of the molecule is CC(=O)C=C(C)O.CC(=O)C=C(C)O.Cc1[c-]c(-c2ncc(-c3c(C)cccc3C)cc2-c2cc(C)cc(C)c2)cc(C)c1.Fc1ccc(-c2ccc(-c3[c-]cccc3)nc2)cc1.[Ir].[Ir].[Ir].[Ir].[c-]1ccccc1-c1cc2c(cn1)-c1ccccc1C2.[c-]1ccccc1-c1ccccn1.[c-]1ccccc1-c1ccccn1.[c-]1ccccc1-c1nccc2sccc12. The predicted molar refractivity (Wildman–Crippen MR) is 494 cm³/mol. The molecule has 0 saturated heterocycles. The van der Waals surface area contributed by atoms with Crippen LogP contribution in [0.4, 0.5) is 4.39 Å². The number of aromatic nitrogens is 6. The summed E-state index contributed by atoms with van der Waals surface area (Å²) in [6, 6.07) is 115. The molecule has 636 valence electrons. The number of carbonyl (C=O) groups excluding carboxylic acids is 2. The van der Waals surface area contributed by atoms with Crippen molar-refractivity contribution < 1.29 is 105 Å². The summed E-state index contributed by atoms with van der Waals surface area (Å²) in [6.45, 7) is 18.6. The smallest absolute Gasteiger partial charge is 0.155 e. The molecule has 4 radical (unpaired) electrons. The van der Waals surface area contributed by atoms with Gasteiger partial charge in [0.2, 0.25) is 0 Å². The van der Waals surface area contributed by atoms with Gasteiger partial charge >= 0.3 is 0 Å². The fourth-order valence-electron chi connectivity index (χ4n) is 13.5. The second-order valence-electron chi connectivity index (χ2n) is 28.6. The predicted octanol–water partition coefficient (Wildman–Crippen LogP) is 27.1. The Hall–Kier alpha value is -12.0. The van der Waals surface area contributed by atoms with E-state index in [4.69, 9.17) is 15.2 Å². The average molecular weight is 2370 g/mol. The first-order valence-corrected chi connectivity index (χ1v) is 40.3. The zero-order chi connectivity index (χ0) is 85.4. The Labute approximate surface area is 792 Å². The summed E-state index contributed by atoms with van der Waals surface area (Å²) in [6.07, 6.45) is 14.6. The molecule has 0 fully saturated rings. The zero-order valence-electron chi connectivity index (χ0n) is 70.6. The van der Waals surface area contributed by atoms with E-state index in [0.29, 0.717) is 0 Å². The summed E-state index contributed by atoms with van der Waals surface area (Å²) < 4.78 is 14.1. The normalized spacial score (nSPS) is 10.5. The van der Waals surface area contributed by atoms with Crippen LogP contribution in [0, 0.1) is 83.8 Å². The van der Waals surface area contributed by atoms with E-state index in [0.717, 1.165) is 102 Å². The molecule has 7 aromatic heterocycles. The molecular formula is C109H91FIr4N6O4S-6. The van der Waals surface area contributed by atoms with E-state index in [-0.39, 0.29) is 109 Å². The Kier molecular flexibility index (Phi) is 41.1. The summed E-state index contributed by atoms with van der Waals surface area (Å²) >= 11 is 1.74. The van der Waals surface area contributed by atoms with Crippen LogP contribution in [0.25, 0.3) is 122 Å². The number of aliphatic hydroxyl groups is 2. The van der Waals surface area contributed by atoms with E-state index in [1.54, 1.807) is 42.1 Å². The van der Waals surface area contributed by atoms with Gasteiger partial charge in [-0.05, 0) is 198 Å². The van der Waals surface area contributed by atoms with Crippen molar-refractivity contribution in [1.82, 2.24) is 29.9 Å². The molecule has 125 heavy (non-hydrogen) atoms. The molecule has 16 heteroatoms. The molecular weight excluding hydrogens is 2280 g/mol. The van der Waals surface area contributed by atoms with Crippen LogP contribution in [0.3, 0.4) is 0 Å². The molecule has 0 atom stereocenters. The monoisotopic (exact) mass is 2370 g/mol. The van der Waals surface area contributed by atoms with Crippen molar-refractivity contribution in [1.29, 1.82) is 0 Å². The van der Waals surface area contributed by atoms with Crippen molar-refractivity contribution in [3.8, 4) is 112 Å². The second-order valence-corrected chi connectivity index (χ2v) is 29.6. The largest absolute Gasteiger partial charge is 0.512 e. The molecule has 17 aromatic rings. The Morgan fingerprint density at radius 1 is 0.368 bits per heavy atom. The number of halogens is 1. The van der Waals surface area contributed by atoms with Crippen LogP contribution in [0.5, 0.6) is 0 Å². The van der Waals surface area contributed by atoms with Crippen LogP contribution >= 0.6 is 11.3 Å². The van der Waals surface area contributed by atoms with Crippen molar-refractivity contribution in [2.24, 2.45) is 0 Å². The maximum atomic E-state index is 12.9.